The van der Waals surface area contributed by atoms with Crippen LogP contribution in [-0.4, -0.2) is 21.0 Å². The maximum absolute atomic E-state index is 12.2. The molecule has 1 atom stereocenters. The standard InChI is InChI=1S/C19H18N4O2/c24-17(10-14-8-7-13-4-1-2-6-16(13)14)21-12-18-22-19(23-25-18)15-5-3-9-20-11-15/h1-6,9,11,14H,7-8,10,12H2,(H,21,24)/t14-/m1/s1. The normalized spacial score (nSPS) is 15.8. The first kappa shape index (κ1) is 15.5. The lowest BCUT2D eigenvalue weighted by atomic mass is 9.97. The Morgan fingerprint density at radius 2 is 2.16 bits per heavy atom. The van der Waals surface area contributed by atoms with Crippen molar-refractivity contribution in [3.8, 4) is 11.4 Å². The van der Waals surface area contributed by atoms with Gasteiger partial charge in [0.05, 0.1) is 6.54 Å². The molecule has 0 aliphatic heterocycles. The van der Waals surface area contributed by atoms with Gasteiger partial charge in [0.15, 0.2) is 0 Å². The van der Waals surface area contributed by atoms with E-state index in [2.05, 4.69) is 38.6 Å². The van der Waals surface area contributed by atoms with E-state index < -0.39 is 0 Å². The van der Waals surface area contributed by atoms with Crippen molar-refractivity contribution in [1.29, 1.82) is 0 Å². The zero-order valence-corrected chi connectivity index (χ0v) is 13.7. The van der Waals surface area contributed by atoms with Gasteiger partial charge in [0.25, 0.3) is 0 Å². The first-order valence-electron chi connectivity index (χ1n) is 8.37. The van der Waals surface area contributed by atoms with Gasteiger partial charge in [-0.2, -0.15) is 4.98 Å². The van der Waals surface area contributed by atoms with Gasteiger partial charge < -0.3 is 9.84 Å². The molecule has 2 aromatic heterocycles. The van der Waals surface area contributed by atoms with Crippen LogP contribution in [0.25, 0.3) is 11.4 Å². The van der Waals surface area contributed by atoms with E-state index in [4.69, 9.17) is 4.52 Å². The van der Waals surface area contributed by atoms with Crippen LogP contribution < -0.4 is 5.32 Å². The fourth-order valence-corrected chi connectivity index (χ4v) is 3.27. The van der Waals surface area contributed by atoms with Gasteiger partial charge in [-0.05, 0) is 42.0 Å². The quantitative estimate of drug-likeness (QED) is 0.776. The molecule has 1 amide bonds. The Morgan fingerprint density at radius 1 is 1.24 bits per heavy atom. The van der Waals surface area contributed by atoms with Crippen LogP contribution in [-0.2, 0) is 17.8 Å². The summed E-state index contributed by atoms with van der Waals surface area (Å²) in [5, 5.41) is 6.79. The Balaban J connectivity index is 1.33. The monoisotopic (exact) mass is 334 g/mol. The van der Waals surface area contributed by atoms with Crippen molar-refractivity contribution >= 4 is 5.91 Å². The number of carbonyl (C=O) groups is 1. The van der Waals surface area contributed by atoms with E-state index >= 15 is 0 Å². The van der Waals surface area contributed by atoms with Crippen LogP contribution in [0.1, 0.15) is 35.8 Å². The number of hydrogen-bond acceptors (Lipinski definition) is 5. The second kappa shape index (κ2) is 6.84. The lowest BCUT2D eigenvalue weighted by Crippen LogP contribution is -2.24. The number of hydrogen-bond donors (Lipinski definition) is 1. The average Bonchev–Trinajstić information content (AvgIpc) is 3.28. The van der Waals surface area contributed by atoms with Gasteiger partial charge in [0.2, 0.25) is 17.6 Å². The number of aromatic nitrogens is 3. The first-order valence-corrected chi connectivity index (χ1v) is 8.37. The molecule has 4 rings (SSSR count). The van der Waals surface area contributed by atoms with Gasteiger partial charge in [0, 0.05) is 24.4 Å². The molecule has 0 radical (unpaired) electrons. The Labute approximate surface area is 145 Å². The first-order chi connectivity index (χ1) is 12.3. The van der Waals surface area contributed by atoms with Crippen LogP contribution in [0, 0.1) is 0 Å². The predicted molar refractivity (Wildman–Crippen MR) is 91.5 cm³/mol. The maximum atomic E-state index is 12.2. The highest BCUT2D eigenvalue weighted by Crippen LogP contribution is 2.35. The summed E-state index contributed by atoms with van der Waals surface area (Å²) in [5.41, 5.74) is 3.44. The third-order valence-electron chi connectivity index (χ3n) is 4.51. The minimum Gasteiger partial charge on any atom is -0.347 e. The highest BCUT2D eigenvalue weighted by Gasteiger charge is 2.24. The van der Waals surface area contributed by atoms with Crippen molar-refractivity contribution < 1.29 is 9.32 Å². The summed E-state index contributed by atoms with van der Waals surface area (Å²) >= 11 is 0. The Kier molecular flexibility index (Phi) is 4.24. The molecule has 126 valence electrons. The number of fused-ring (bicyclic) bond motifs is 1. The molecule has 0 bridgehead atoms. The van der Waals surface area contributed by atoms with E-state index in [1.165, 1.54) is 11.1 Å². The summed E-state index contributed by atoms with van der Waals surface area (Å²) in [7, 11) is 0. The second-order valence-corrected chi connectivity index (χ2v) is 6.17. The summed E-state index contributed by atoms with van der Waals surface area (Å²) in [6.45, 7) is 0.237. The largest absolute Gasteiger partial charge is 0.347 e. The van der Waals surface area contributed by atoms with Gasteiger partial charge >= 0.3 is 0 Å². The number of aryl methyl sites for hydroxylation is 1. The molecule has 0 spiro atoms. The molecule has 0 saturated heterocycles. The van der Waals surface area contributed by atoms with E-state index in [1.807, 2.05) is 18.2 Å². The molecule has 0 fully saturated rings. The minimum atomic E-state index is 0.00262. The molecule has 2 heterocycles. The van der Waals surface area contributed by atoms with Crippen molar-refractivity contribution in [2.24, 2.45) is 0 Å². The lowest BCUT2D eigenvalue weighted by Gasteiger charge is -2.10. The lowest BCUT2D eigenvalue weighted by molar-refractivity contribution is -0.121. The molecule has 3 aromatic rings. The third-order valence-corrected chi connectivity index (χ3v) is 4.51. The van der Waals surface area contributed by atoms with Crippen molar-refractivity contribution in [2.45, 2.75) is 31.7 Å². The van der Waals surface area contributed by atoms with E-state index in [0.29, 0.717) is 24.1 Å². The summed E-state index contributed by atoms with van der Waals surface area (Å²) in [4.78, 5) is 20.6. The molecule has 6 nitrogen and oxygen atoms in total. The van der Waals surface area contributed by atoms with Gasteiger partial charge in [0.1, 0.15) is 0 Å². The molecule has 25 heavy (non-hydrogen) atoms. The number of nitrogens with one attached hydrogen (secondary N) is 1. The average molecular weight is 334 g/mol. The Bertz CT molecular complexity index is 876. The summed E-state index contributed by atoms with van der Waals surface area (Å²) < 4.78 is 5.19. The Morgan fingerprint density at radius 3 is 3.04 bits per heavy atom. The van der Waals surface area contributed by atoms with Gasteiger partial charge in [-0.25, -0.2) is 0 Å². The number of benzene rings is 1. The molecule has 1 aromatic carbocycles. The van der Waals surface area contributed by atoms with Gasteiger partial charge in [-0.15, -0.1) is 0 Å². The fraction of sp³-hybridized carbons (Fsp3) is 0.263. The zero-order chi connectivity index (χ0) is 17.1. The van der Waals surface area contributed by atoms with Crippen molar-refractivity contribution in [3.05, 3.63) is 65.8 Å². The molecule has 0 saturated carbocycles. The van der Waals surface area contributed by atoms with E-state index in [-0.39, 0.29) is 12.5 Å². The van der Waals surface area contributed by atoms with Crippen LogP contribution in [0.15, 0.2) is 53.3 Å². The van der Waals surface area contributed by atoms with Crippen LogP contribution >= 0.6 is 0 Å². The van der Waals surface area contributed by atoms with Crippen molar-refractivity contribution in [1.82, 2.24) is 20.4 Å². The molecule has 1 aliphatic rings. The third kappa shape index (κ3) is 3.42. The number of pyridine rings is 1. The highest BCUT2D eigenvalue weighted by atomic mass is 16.5. The topological polar surface area (TPSA) is 80.9 Å². The van der Waals surface area contributed by atoms with Crippen molar-refractivity contribution in [3.63, 3.8) is 0 Å². The number of nitrogens with zero attached hydrogens (tertiary/aromatic N) is 3. The van der Waals surface area contributed by atoms with E-state index in [9.17, 15) is 4.79 Å². The molecule has 1 aliphatic carbocycles. The van der Waals surface area contributed by atoms with Crippen LogP contribution in [0.5, 0.6) is 0 Å². The van der Waals surface area contributed by atoms with Crippen LogP contribution in [0.2, 0.25) is 0 Å². The minimum absolute atomic E-state index is 0.00262. The van der Waals surface area contributed by atoms with Crippen LogP contribution in [0.3, 0.4) is 0 Å². The number of rotatable bonds is 5. The smallest absolute Gasteiger partial charge is 0.246 e. The number of amides is 1. The summed E-state index contributed by atoms with van der Waals surface area (Å²) in [6.07, 6.45) is 5.92. The van der Waals surface area contributed by atoms with E-state index in [1.54, 1.807) is 12.4 Å². The fourth-order valence-electron chi connectivity index (χ4n) is 3.27. The molecule has 6 heteroatoms. The molecular weight excluding hydrogens is 316 g/mol. The summed E-state index contributed by atoms with van der Waals surface area (Å²) in [6, 6.07) is 12.0. The van der Waals surface area contributed by atoms with Crippen LogP contribution in [0.4, 0.5) is 0 Å². The van der Waals surface area contributed by atoms with Crippen molar-refractivity contribution in [2.75, 3.05) is 0 Å². The molecule has 0 unspecified atom stereocenters. The van der Waals surface area contributed by atoms with Gasteiger partial charge in [-0.3, -0.25) is 9.78 Å². The number of carbonyl (C=O) groups excluding carboxylic acids is 1. The SMILES string of the molecule is O=C(C[C@H]1CCc2ccccc21)NCc1nc(-c2cccnc2)no1. The highest BCUT2D eigenvalue weighted by molar-refractivity contribution is 5.77. The predicted octanol–water partition coefficient (Wildman–Crippen LogP) is 2.87. The molecule has 1 N–H and O–H groups in total. The summed E-state index contributed by atoms with van der Waals surface area (Å²) in [5.74, 6) is 1.16. The maximum Gasteiger partial charge on any atom is 0.246 e. The second-order valence-electron chi connectivity index (χ2n) is 6.17. The van der Waals surface area contributed by atoms with E-state index in [0.717, 1.165) is 18.4 Å². The van der Waals surface area contributed by atoms with Gasteiger partial charge in [-0.1, -0.05) is 29.4 Å². The molecular formula is C19H18N4O2. The Hall–Kier alpha value is -3.02. The zero-order valence-electron chi connectivity index (χ0n) is 13.7.